The van der Waals surface area contributed by atoms with Crippen molar-refractivity contribution in [2.75, 3.05) is 42.9 Å². The van der Waals surface area contributed by atoms with Gasteiger partial charge in [-0.15, -0.1) is 0 Å². The van der Waals surface area contributed by atoms with E-state index in [4.69, 9.17) is 5.73 Å². The van der Waals surface area contributed by atoms with E-state index >= 15 is 0 Å². The Kier molecular flexibility index (Phi) is 5.92. The Morgan fingerprint density at radius 2 is 1.81 bits per heavy atom. The molecule has 9 heteroatoms. The van der Waals surface area contributed by atoms with Gasteiger partial charge in [-0.05, 0) is 18.2 Å². The van der Waals surface area contributed by atoms with Crippen LogP contribution in [0.4, 0.5) is 11.8 Å². The van der Waals surface area contributed by atoms with E-state index in [0.29, 0.717) is 37.8 Å². The Balaban J connectivity index is 1.41. The Labute approximate surface area is 152 Å². The lowest BCUT2D eigenvalue weighted by Crippen LogP contribution is -2.49. The first kappa shape index (κ1) is 17.6. The number of nitrogens with zero attached hydrogens (tertiary/aromatic N) is 6. The Bertz CT molecular complexity index is 729. The Morgan fingerprint density at radius 3 is 2.50 bits per heavy atom. The van der Waals surface area contributed by atoms with Gasteiger partial charge in [0.25, 0.3) is 0 Å². The molecule has 1 aliphatic heterocycles. The molecule has 1 fully saturated rings. The molecule has 2 aromatic rings. The fourth-order valence-corrected chi connectivity index (χ4v) is 2.65. The molecule has 3 heterocycles. The SMILES string of the molecule is NC(=NCCC(=O)N1CCN(c2ncccn2)CC1)Nc1ccccn1. The van der Waals surface area contributed by atoms with Gasteiger partial charge in [0.2, 0.25) is 11.9 Å². The third-order valence-corrected chi connectivity index (χ3v) is 4.00. The molecule has 3 rings (SSSR count). The number of carbonyl (C=O) groups is 1. The van der Waals surface area contributed by atoms with Gasteiger partial charge in [0.05, 0.1) is 6.54 Å². The van der Waals surface area contributed by atoms with Crippen LogP contribution in [0.3, 0.4) is 0 Å². The molecular formula is C17H22N8O. The average Bonchev–Trinajstić information content (AvgIpc) is 2.69. The van der Waals surface area contributed by atoms with Crippen LogP contribution >= 0.6 is 0 Å². The maximum atomic E-state index is 12.3. The highest BCUT2D eigenvalue weighted by atomic mass is 16.2. The molecular weight excluding hydrogens is 332 g/mol. The first-order chi connectivity index (χ1) is 12.7. The minimum absolute atomic E-state index is 0.0769. The maximum absolute atomic E-state index is 12.3. The quantitative estimate of drug-likeness (QED) is 0.588. The van der Waals surface area contributed by atoms with Crippen molar-refractivity contribution in [1.29, 1.82) is 0 Å². The number of guanidine groups is 1. The topological polar surface area (TPSA) is 113 Å². The van der Waals surface area contributed by atoms with Crippen molar-refractivity contribution in [3.63, 3.8) is 0 Å². The number of pyridine rings is 1. The van der Waals surface area contributed by atoms with Gasteiger partial charge in [-0.25, -0.2) is 15.0 Å². The van der Waals surface area contributed by atoms with E-state index in [1.807, 2.05) is 17.0 Å². The predicted octanol–water partition coefficient (Wildman–Crippen LogP) is 0.337. The van der Waals surface area contributed by atoms with Gasteiger partial charge in [-0.1, -0.05) is 6.07 Å². The molecule has 1 amide bonds. The summed E-state index contributed by atoms with van der Waals surface area (Å²) >= 11 is 0. The summed E-state index contributed by atoms with van der Waals surface area (Å²) in [6.07, 6.45) is 5.44. The summed E-state index contributed by atoms with van der Waals surface area (Å²) in [7, 11) is 0. The summed E-state index contributed by atoms with van der Waals surface area (Å²) in [5.41, 5.74) is 5.81. The standard InChI is InChI=1S/C17H22N8O/c18-16(23-14-4-1-2-6-19-14)20-9-5-15(26)24-10-12-25(13-11-24)17-21-7-3-8-22-17/h1-4,6-8H,5,9-13H2,(H3,18,19,20,23). The van der Waals surface area contributed by atoms with Gasteiger partial charge >= 0.3 is 0 Å². The van der Waals surface area contributed by atoms with Crippen LogP contribution in [0.1, 0.15) is 6.42 Å². The largest absolute Gasteiger partial charge is 0.370 e. The summed E-state index contributed by atoms with van der Waals surface area (Å²) in [6, 6.07) is 7.26. The fourth-order valence-electron chi connectivity index (χ4n) is 2.65. The van der Waals surface area contributed by atoms with Crippen LogP contribution in [0.15, 0.2) is 47.8 Å². The Morgan fingerprint density at radius 1 is 1.08 bits per heavy atom. The number of nitrogens with two attached hydrogens (primary N) is 1. The summed E-state index contributed by atoms with van der Waals surface area (Å²) in [5.74, 6) is 1.66. The van der Waals surface area contributed by atoms with Crippen LogP contribution in [0.25, 0.3) is 0 Å². The fraction of sp³-hybridized carbons (Fsp3) is 0.353. The minimum atomic E-state index is 0.0769. The smallest absolute Gasteiger partial charge is 0.225 e. The zero-order chi connectivity index (χ0) is 18.2. The van der Waals surface area contributed by atoms with Crippen molar-refractivity contribution in [3.05, 3.63) is 42.9 Å². The molecule has 136 valence electrons. The van der Waals surface area contributed by atoms with Crippen molar-refractivity contribution in [1.82, 2.24) is 19.9 Å². The second-order valence-corrected chi connectivity index (χ2v) is 5.77. The van der Waals surface area contributed by atoms with Crippen molar-refractivity contribution in [2.45, 2.75) is 6.42 Å². The molecule has 3 N–H and O–H groups in total. The highest BCUT2D eigenvalue weighted by Gasteiger charge is 2.21. The molecule has 0 unspecified atom stereocenters. The summed E-state index contributed by atoms with van der Waals surface area (Å²) < 4.78 is 0. The highest BCUT2D eigenvalue weighted by molar-refractivity contribution is 5.91. The van der Waals surface area contributed by atoms with Crippen molar-refractivity contribution >= 4 is 23.6 Å². The van der Waals surface area contributed by atoms with Crippen LogP contribution in [0.2, 0.25) is 0 Å². The third kappa shape index (κ3) is 4.88. The number of hydrogen-bond donors (Lipinski definition) is 2. The van der Waals surface area contributed by atoms with E-state index < -0.39 is 0 Å². The first-order valence-corrected chi connectivity index (χ1v) is 8.50. The zero-order valence-electron chi connectivity index (χ0n) is 14.5. The van der Waals surface area contributed by atoms with Crippen molar-refractivity contribution in [3.8, 4) is 0 Å². The van der Waals surface area contributed by atoms with E-state index in [1.54, 1.807) is 30.7 Å². The van der Waals surface area contributed by atoms with Gasteiger partial charge in [0.15, 0.2) is 5.96 Å². The van der Waals surface area contributed by atoms with Crippen molar-refractivity contribution < 1.29 is 4.79 Å². The molecule has 0 bridgehead atoms. The molecule has 0 saturated carbocycles. The van der Waals surface area contributed by atoms with Gasteiger partial charge in [0, 0.05) is 51.2 Å². The van der Waals surface area contributed by atoms with Crippen LogP contribution in [-0.2, 0) is 4.79 Å². The second-order valence-electron chi connectivity index (χ2n) is 5.77. The van der Waals surface area contributed by atoms with Gasteiger partial charge in [-0.2, -0.15) is 0 Å². The highest BCUT2D eigenvalue weighted by Crippen LogP contribution is 2.10. The maximum Gasteiger partial charge on any atom is 0.225 e. The number of amides is 1. The lowest BCUT2D eigenvalue weighted by Gasteiger charge is -2.34. The molecule has 0 spiro atoms. The van der Waals surface area contributed by atoms with Crippen LogP contribution in [-0.4, -0.2) is 64.4 Å². The normalized spacial score (nSPS) is 15.0. The number of anilines is 2. The molecule has 2 aromatic heterocycles. The number of hydrogen-bond acceptors (Lipinski definition) is 6. The summed E-state index contributed by atoms with van der Waals surface area (Å²) in [4.78, 5) is 33.0. The lowest BCUT2D eigenvalue weighted by molar-refractivity contribution is -0.131. The number of aliphatic imine (C=N–C) groups is 1. The number of rotatable bonds is 5. The van der Waals surface area contributed by atoms with E-state index in [-0.39, 0.29) is 11.9 Å². The summed E-state index contributed by atoms with van der Waals surface area (Å²) in [6.45, 7) is 3.10. The molecule has 0 aromatic carbocycles. The van der Waals surface area contributed by atoms with Crippen LogP contribution in [0, 0.1) is 0 Å². The molecule has 1 aliphatic rings. The van der Waals surface area contributed by atoms with E-state index in [0.717, 1.165) is 13.1 Å². The second kappa shape index (κ2) is 8.75. The molecule has 0 aliphatic carbocycles. The van der Waals surface area contributed by atoms with Gasteiger partial charge in [-0.3, -0.25) is 9.79 Å². The minimum Gasteiger partial charge on any atom is -0.370 e. The van der Waals surface area contributed by atoms with E-state index in [2.05, 4.69) is 30.2 Å². The monoisotopic (exact) mass is 354 g/mol. The van der Waals surface area contributed by atoms with E-state index in [1.165, 1.54) is 0 Å². The van der Waals surface area contributed by atoms with Gasteiger partial charge < -0.3 is 20.9 Å². The number of piperazine rings is 1. The van der Waals surface area contributed by atoms with Gasteiger partial charge in [0.1, 0.15) is 5.82 Å². The molecule has 1 saturated heterocycles. The summed E-state index contributed by atoms with van der Waals surface area (Å²) in [5, 5.41) is 2.89. The van der Waals surface area contributed by atoms with Crippen LogP contribution in [0.5, 0.6) is 0 Å². The van der Waals surface area contributed by atoms with Crippen LogP contribution < -0.4 is 16.0 Å². The Hall–Kier alpha value is -3.23. The predicted molar refractivity (Wildman–Crippen MR) is 99.8 cm³/mol. The molecule has 0 radical (unpaired) electrons. The zero-order valence-corrected chi connectivity index (χ0v) is 14.5. The molecule has 26 heavy (non-hydrogen) atoms. The first-order valence-electron chi connectivity index (χ1n) is 8.50. The number of nitrogens with one attached hydrogen (secondary N) is 1. The van der Waals surface area contributed by atoms with Crippen molar-refractivity contribution in [2.24, 2.45) is 10.7 Å². The number of carbonyl (C=O) groups excluding carboxylic acids is 1. The lowest BCUT2D eigenvalue weighted by atomic mass is 10.3. The van der Waals surface area contributed by atoms with E-state index in [9.17, 15) is 4.79 Å². The number of aromatic nitrogens is 3. The molecule has 9 nitrogen and oxygen atoms in total. The molecule has 0 atom stereocenters. The third-order valence-electron chi connectivity index (χ3n) is 4.00. The average molecular weight is 354 g/mol.